The van der Waals surface area contributed by atoms with Crippen molar-refractivity contribution in [3.05, 3.63) is 29.8 Å². The third kappa shape index (κ3) is 3.73. The molecule has 1 aliphatic heterocycles. The molecule has 1 atom stereocenters. The van der Waals surface area contributed by atoms with Crippen LogP contribution in [0.4, 0.5) is 0 Å². The van der Waals surface area contributed by atoms with E-state index >= 15 is 0 Å². The third-order valence-electron chi connectivity index (χ3n) is 3.87. The molecule has 5 nitrogen and oxygen atoms in total. The molecule has 5 heteroatoms. The van der Waals surface area contributed by atoms with Crippen molar-refractivity contribution in [2.24, 2.45) is 0 Å². The van der Waals surface area contributed by atoms with Crippen LogP contribution in [0, 0.1) is 11.3 Å². The quantitative estimate of drug-likeness (QED) is 0.917. The summed E-state index contributed by atoms with van der Waals surface area (Å²) in [4.78, 5) is 16.3. The van der Waals surface area contributed by atoms with E-state index < -0.39 is 0 Å². The van der Waals surface area contributed by atoms with Crippen molar-refractivity contribution in [2.45, 2.75) is 25.8 Å². The lowest BCUT2D eigenvalue weighted by molar-refractivity contribution is 0.0601. The lowest BCUT2D eigenvalue weighted by atomic mass is 10.1. The molecule has 21 heavy (non-hydrogen) atoms. The first kappa shape index (κ1) is 15.3. The molecule has 0 radical (unpaired) electrons. The number of phenols is 1. The van der Waals surface area contributed by atoms with Gasteiger partial charge in [-0.25, -0.2) is 0 Å². The summed E-state index contributed by atoms with van der Waals surface area (Å²) in [6, 6.07) is 8.63. The molecule has 1 fully saturated rings. The number of nitriles is 1. The van der Waals surface area contributed by atoms with E-state index in [0.717, 1.165) is 25.9 Å². The fourth-order valence-corrected chi connectivity index (χ4v) is 2.63. The van der Waals surface area contributed by atoms with Crippen molar-refractivity contribution in [3.63, 3.8) is 0 Å². The SMILES string of the molecule is CCCC(C#N)N1CCN(C(=O)c2ccc(O)cc2)CC1. The Labute approximate surface area is 125 Å². The van der Waals surface area contributed by atoms with Gasteiger partial charge in [0, 0.05) is 31.7 Å². The van der Waals surface area contributed by atoms with E-state index in [4.69, 9.17) is 0 Å². The van der Waals surface area contributed by atoms with Crippen molar-refractivity contribution in [1.29, 1.82) is 5.26 Å². The number of carbonyl (C=O) groups is 1. The highest BCUT2D eigenvalue weighted by molar-refractivity contribution is 5.94. The van der Waals surface area contributed by atoms with Crippen LogP contribution in [0.3, 0.4) is 0 Å². The van der Waals surface area contributed by atoms with Crippen molar-refractivity contribution >= 4 is 5.91 Å². The van der Waals surface area contributed by atoms with E-state index in [9.17, 15) is 15.2 Å². The van der Waals surface area contributed by atoms with Crippen LogP contribution in [-0.4, -0.2) is 53.0 Å². The molecule has 0 bridgehead atoms. The third-order valence-corrected chi connectivity index (χ3v) is 3.87. The van der Waals surface area contributed by atoms with Crippen molar-refractivity contribution in [1.82, 2.24) is 9.80 Å². The zero-order valence-corrected chi connectivity index (χ0v) is 12.3. The van der Waals surface area contributed by atoms with Crippen molar-refractivity contribution in [2.75, 3.05) is 26.2 Å². The number of amides is 1. The first-order valence-corrected chi connectivity index (χ1v) is 7.37. The van der Waals surface area contributed by atoms with Gasteiger partial charge < -0.3 is 10.0 Å². The van der Waals surface area contributed by atoms with Gasteiger partial charge in [-0.15, -0.1) is 0 Å². The summed E-state index contributed by atoms with van der Waals surface area (Å²) in [5, 5.41) is 18.5. The summed E-state index contributed by atoms with van der Waals surface area (Å²) < 4.78 is 0. The lowest BCUT2D eigenvalue weighted by Crippen LogP contribution is -2.51. The predicted octanol–water partition coefficient (Wildman–Crippen LogP) is 1.84. The van der Waals surface area contributed by atoms with Crippen LogP contribution >= 0.6 is 0 Å². The van der Waals surface area contributed by atoms with Crippen LogP contribution in [0.5, 0.6) is 5.75 Å². The number of nitrogens with zero attached hydrogens (tertiary/aromatic N) is 3. The fraction of sp³-hybridized carbons (Fsp3) is 0.500. The molecule has 1 heterocycles. The number of piperazine rings is 1. The number of rotatable bonds is 4. The monoisotopic (exact) mass is 287 g/mol. The molecular formula is C16H21N3O2. The minimum atomic E-state index is -0.0408. The lowest BCUT2D eigenvalue weighted by Gasteiger charge is -2.36. The molecule has 2 rings (SSSR count). The Morgan fingerprint density at radius 2 is 1.90 bits per heavy atom. The summed E-state index contributed by atoms with van der Waals surface area (Å²) in [6.45, 7) is 4.84. The highest BCUT2D eigenvalue weighted by Gasteiger charge is 2.26. The van der Waals surface area contributed by atoms with Gasteiger partial charge in [-0.1, -0.05) is 13.3 Å². The van der Waals surface area contributed by atoms with Crippen molar-refractivity contribution < 1.29 is 9.90 Å². The molecule has 0 aliphatic carbocycles. The summed E-state index contributed by atoms with van der Waals surface area (Å²) in [5.74, 6) is 0.145. The summed E-state index contributed by atoms with van der Waals surface area (Å²) >= 11 is 0. The second kappa shape index (κ2) is 7.09. The summed E-state index contributed by atoms with van der Waals surface area (Å²) in [5.41, 5.74) is 0.589. The molecule has 1 aromatic rings. The maximum absolute atomic E-state index is 12.3. The Balaban J connectivity index is 1.93. The number of benzene rings is 1. The molecule has 0 aromatic heterocycles. The van der Waals surface area contributed by atoms with Crippen LogP contribution in [0.15, 0.2) is 24.3 Å². The van der Waals surface area contributed by atoms with Gasteiger partial charge in [0.15, 0.2) is 0 Å². The van der Waals surface area contributed by atoms with Crippen LogP contribution < -0.4 is 0 Å². The van der Waals surface area contributed by atoms with Crippen LogP contribution in [0.1, 0.15) is 30.1 Å². The Morgan fingerprint density at radius 3 is 2.43 bits per heavy atom. The van der Waals surface area contributed by atoms with Crippen LogP contribution in [-0.2, 0) is 0 Å². The number of aromatic hydroxyl groups is 1. The number of carbonyl (C=O) groups excluding carboxylic acids is 1. The molecule has 1 amide bonds. The van der Waals surface area contributed by atoms with Crippen molar-refractivity contribution in [3.8, 4) is 11.8 Å². The molecule has 1 aliphatic rings. The van der Waals surface area contributed by atoms with Gasteiger partial charge in [-0.2, -0.15) is 5.26 Å². The van der Waals surface area contributed by atoms with Gasteiger partial charge in [0.2, 0.25) is 0 Å². The second-order valence-corrected chi connectivity index (χ2v) is 5.31. The standard InChI is InChI=1S/C16H21N3O2/c1-2-3-14(12-17)18-8-10-19(11-9-18)16(21)13-4-6-15(20)7-5-13/h4-7,14,20H,2-3,8-11H2,1H3. The van der Waals surface area contributed by atoms with E-state index in [-0.39, 0.29) is 17.7 Å². The Kier molecular flexibility index (Phi) is 5.18. The van der Waals surface area contributed by atoms with Gasteiger partial charge in [0.25, 0.3) is 5.91 Å². The smallest absolute Gasteiger partial charge is 0.253 e. The van der Waals surface area contributed by atoms with E-state index in [0.29, 0.717) is 18.7 Å². The Bertz CT molecular complexity index is 513. The molecule has 1 aromatic carbocycles. The van der Waals surface area contributed by atoms with Gasteiger partial charge in [-0.3, -0.25) is 9.69 Å². The van der Waals surface area contributed by atoms with Gasteiger partial charge in [-0.05, 0) is 30.7 Å². The maximum Gasteiger partial charge on any atom is 0.253 e. The number of phenolic OH excluding ortho intramolecular Hbond substituents is 1. The molecule has 1 unspecified atom stereocenters. The Morgan fingerprint density at radius 1 is 1.29 bits per heavy atom. The predicted molar refractivity (Wildman–Crippen MR) is 79.9 cm³/mol. The number of hydrogen-bond donors (Lipinski definition) is 1. The second-order valence-electron chi connectivity index (χ2n) is 5.31. The topological polar surface area (TPSA) is 67.6 Å². The molecular weight excluding hydrogens is 266 g/mol. The Hall–Kier alpha value is -2.06. The highest BCUT2D eigenvalue weighted by Crippen LogP contribution is 2.15. The van der Waals surface area contributed by atoms with E-state index in [2.05, 4.69) is 17.9 Å². The molecule has 0 saturated carbocycles. The maximum atomic E-state index is 12.3. The minimum Gasteiger partial charge on any atom is -0.508 e. The molecule has 112 valence electrons. The first-order valence-electron chi connectivity index (χ1n) is 7.37. The average molecular weight is 287 g/mol. The summed E-state index contributed by atoms with van der Waals surface area (Å²) in [6.07, 6.45) is 1.87. The minimum absolute atomic E-state index is 0.0151. The first-order chi connectivity index (χ1) is 10.2. The van der Waals surface area contributed by atoms with Crippen LogP contribution in [0.2, 0.25) is 0 Å². The normalized spacial score (nSPS) is 17.2. The molecule has 1 saturated heterocycles. The molecule has 0 spiro atoms. The van der Waals surface area contributed by atoms with E-state index in [1.807, 2.05) is 4.90 Å². The zero-order chi connectivity index (χ0) is 15.2. The average Bonchev–Trinajstić information content (AvgIpc) is 2.53. The zero-order valence-electron chi connectivity index (χ0n) is 12.3. The fourth-order valence-electron chi connectivity index (χ4n) is 2.63. The van der Waals surface area contributed by atoms with Gasteiger partial charge >= 0.3 is 0 Å². The highest BCUT2D eigenvalue weighted by atomic mass is 16.3. The van der Waals surface area contributed by atoms with Gasteiger partial charge in [0.1, 0.15) is 5.75 Å². The number of hydrogen-bond acceptors (Lipinski definition) is 4. The largest absolute Gasteiger partial charge is 0.508 e. The summed E-state index contributed by atoms with van der Waals surface area (Å²) in [7, 11) is 0. The van der Waals surface area contributed by atoms with E-state index in [1.54, 1.807) is 12.1 Å². The van der Waals surface area contributed by atoms with E-state index in [1.165, 1.54) is 12.1 Å². The van der Waals surface area contributed by atoms with Gasteiger partial charge in [0.05, 0.1) is 12.1 Å². The van der Waals surface area contributed by atoms with Crippen LogP contribution in [0.25, 0.3) is 0 Å². The molecule has 1 N–H and O–H groups in total.